The third-order valence-electron chi connectivity index (χ3n) is 0.886. The van der Waals surface area contributed by atoms with E-state index in [-0.39, 0.29) is 26.1 Å². The lowest BCUT2D eigenvalue weighted by Gasteiger charge is -1.97. The van der Waals surface area contributed by atoms with Gasteiger partial charge in [0.2, 0.25) is 10.5 Å². The van der Waals surface area contributed by atoms with Crippen LogP contribution in [-0.4, -0.2) is 23.7 Å². The van der Waals surface area contributed by atoms with E-state index in [0.29, 0.717) is 0 Å². The summed E-state index contributed by atoms with van der Waals surface area (Å²) in [5.74, 6) is 0. The van der Waals surface area contributed by atoms with E-state index >= 15 is 0 Å². The number of hydrogen-bond donors (Lipinski definition) is 0. The number of hydrogen-bond acceptors (Lipinski definition) is 3. The Hall–Kier alpha value is -0.120. The Morgan fingerprint density at radius 2 is 1.36 bits per heavy atom. The van der Waals surface area contributed by atoms with E-state index in [1.807, 2.05) is 0 Å². The maximum absolute atomic E-state index is 10.1. The molecule has 0 spiro atoms. The second-order valence-electron chi connectivity index (χ2n) is 1.82. The third kappa shape index (κ3) is 9.88. The Morgan fingerprint density at radius 3 is 1.64 bits per heavy atom. The molecular weight excluding hydrogens is 191 g/mol. The number of halogens is 2. The second kappa shape index (κ2) is 6.58. The first-order valence-electron chi connectivity index (χ1n) is 3.07. The van der Waals surface area contributed by atoms with Crippen molar-refractivity contribution < 1.29 is 14.3 Å². The molecule has 0 bridgehead atoms. The maximum atomic E-state index is 10.1. The summed E-state index contributed by atoms with van der Waals surface area (Å²) in [4.78, 5) is 20.3. The fourth-order valence-electron chi connectivity index (χ4n) is 0.407. The highest BCUT2D eigenvalue weighted by molar-refractivity contribution is 6.63. The first-order valence-corrected chi connectivity index (χ1v) is 3.83. The van der Waals surface area contributed by atoms with Crippen LogP contribution in [0.3, 0.4) is 0 Å². The van der Waals surface area contributed by atoms with Crippen LogP contribution >= 0.6 is 23.2 Å². The van der Waals surface area contributed by atoms with Gasteiger partial charge < -0.3 is 4.74 Å². The summed E-state index contributed by atoms with van der Waals surface area (Å²) in [6.07, 6.45) is 0.329. The van der Waals surface area contributed by atoms with E-state index in [4.69, 9.17) is 27.9 Å². The summed E-state index contributed by atoms with van der Waals surface area (Å²) in [6.45, 7) is 0.485. The summed E-state index contributed by atoms with van der Waals surface area (Å²) in [7, 11) is 0. The second-order valence-corrected chi connectivity index (χ2v) is 2.67. The van der Waals surface area contributed by atoms with Gasteiger partial charge in [-0.05, 0) is 23.2 Å². The van der Waals surface area contributed by atoms with Gasteiger partial charge in [-0.15, -0.1) is 0 Å². The van der Waals surface area contributed by atoms with Gasteiger partial charge in [0, 0.05) is 12.8 Å². The Bertz CT molecular complexity index is 131. The molecule has 0 aliphatic carbocycles. The van der Waals surface area contributed by atoms with Gasteiger partial charge in [0.05, 0.1) is 13.2 Å². The number of carbonyl (C=O) groups is 2. The first-order chi connectivity index (χ1) is 5.13. The Morgan fingerprint density at radius 1 is 1.00 bits per heavy atom. The molecule has 0 saturated carbocycles. The zero-order chi connectivity index (χ0) is 8.69. The molecule has 0 aromatic carbocycles. The molecule has 0 N–H and O–H groups in total. The molecule has 0 amide bonds. The number of rotatable bonds is 6. The average molecular weight is 199 g/mol. The molecule has 0 atom stereocenters. The van der Waals surface area contributed by atoms with Crippen molar-refractivity contribution in [1.82, 2.24) is 0 Å². The molecule has 64 valence electrons. The molecule has 0 aromatic heterocycles. The minimum Gasteiger partial charge on any atom is -0.380 e. The highest BCUT2D eigenvalue weighted by Crippen LogP contribution is 1.93. The van der Waals surface area contributed by atoms with Crippen molar-refractivity contribution in [2.75, 3.05) is 13.2 Å². The zero-order valence-electron chi connectivity index (χ0n) is 5.81. The smallest absolute Gasteiger partial charge is 0.223 e. The highest BCUT2D eigenvalue weighted by atomic mass is 35.5. The van der Waals surface area contributed by atoms with Crippen LogP contribution < -0.4 is 0 Å². The van der Waals surface area contributed by atoms with Crippen LogP contribution in [-0.2, 0) is 14.3 Å². The van der Waals surface area contributed by atoms with Gasteiger partial charge >= 0.3 is 0 Å². The van der Waals surface area contributed by atoms with E-state index in [9.17, 15) is 9.59 Å². The summed E-state index contributed by atoms with van der Waals surface area (Å²) < 4.78 is 4.84. The summed E-state index contributed by atoms with van der Waals surface area (Å²) in [5.41, 5.74) is 0. The lowest BCUT2D eigenvalue weighted by atomic mass is 10.5. The third-order valence-corrected chi connectivity index (χ3v) is 1.26. The Kier molecular flexibility index (Phi) is 6.51. The van der Waals surface area contributed by atoms with E-state index in [1.165, 1.54) is 0 Å². The summed E-state index contributed by atoms with van der Waals surface area (Å²) >= 11 is 10.0. The van der Waals surface area contributed by atoms with Crippen LogP contribution in [0.25, 0.3) is 0 Å². The van der Waals surface area contributed by atoms with Crippen LogP contribution in [0.1, 0.15) is 12.8 Å². The summed E-state index contributed by atoms with van der Waals surface area (Å²) in [6, 6.07) is 0. The van der Waals surface area contributed by atoms with Crippen molar-refractivity contribution in [2.24, 2.45) is 0 Å². The average Bonchev–Trinajstić information content (AvgIpc) is 1.85. The van der Waals surface area contributed by atoms with Crippen molar-refractivity contribution >= 4 is 33.7 Å². The summed E-state index contributed by atoms with van der Waals surface area (Å²) in [5, 5.41) is -0.885. The van der Waals surface area contributed by atoms with Crippen molar-refractivity contribution in [3.8, 4) is 0 Å². The Labute approximate surface area is 74.6 Å². The normalized spacial score (nSPS) is 9.64. The van der Waals surface area contributed by atoms with E-state index in [0.717, 1.165) is 0 Å². The molecule has 0 unspecified atom stereocenters. The van der Waals surface area contributed by atoms with E-state index in [2.05, 4.69) is 0 Å². The minimum atomic E-state index is -0.442. The van der Waals surface area contributed by atoms with Gasteiger partial charge in [0.25, 0.3) is 0 Å². The van der Waals surface area contributed by atoms with Gasteiger partial charge in [-0.1, -0.05) is 0 Å². The SMILES string of the molecule is O=C(Cl)CCOCCC(=O)Cl. The lowest BCUT2D eigenvalue weighted by molar-refractivity contribution is -0.113. The fraction of sp³-hybridized carbons (Fsp3) is 0.667. The predicted octanol–water partition coefficient (Wildman–Crippen LogP) is 1.31. The number of ether oxygens (including phenoxy) is 1. The monoisotopic (exact) mass is 198 g/mol. The zero-order valence-corrected chi connectivity index (χ0v) is 7.32. The van der Waals surface area contributed by atoms with Crippen LogP contribution in [0.2, 0.25) is 0 Å². The minimum absolute atomic E-state index is 0.165. The van der Waals surface area contributed by atoms with Crippen LogP contribution in [0.4, 0.5) is 0 Å². The van der Waals surface area contributed by atoms with Gasteiger partial charge in [0.1, 0.15) is 0 Å². The largest absolute Gasteiger partial charge is 0.380 e. The molecule has 0 heterocycles. The van der Waals surface area contributed by atoms with Crippen molar-refractivity contribution in [2.45, 2.75) is 12.8 Å². The predicted molar refractivity (Wildman–Crippen MR) is 41.8 cm³/mol. The fourth-order valence-corrected chi connectivity index (χ4v) is 0.561. The highest BCUT2D eigenvalue weighted by Gasteiger charge is 1.97. The van der Waals surface area contributed by atoms with Crippen molar-refractivity contribution in [3.63, 3.8) is 0 Å². The Balaban J connectivity index is 3.03. The van der Waals surface area contributed by atoms with Crippen molar-refractivity contribution in [3.05, 3.63) is 0 Å². The molecule has 5 heteroatoms. The van der Waals surface area contributed by atoms with Crippen LogP contribution in [0.15, 0.2) is 0 Å². The van der Waals surface area contributed by atoms with E-state index < -0.39 is 10.5 Å². The molecule has 0 aliphatic heterocycles. The van der Waals surface area contributed by atoms with Gasteiger partial charge in [-0.3, -0.25) is 9.59 Å². The molecular formula is C6H8Cl2O3. The standard InChI is InChI=1S/C6H8Cl2O3/c7-5(9)1-3-11-4-2-6(8)10/h1-4H2. The molecule has 0 saturated heterocycles. The molecule has 0 fully saturated rings. The molecule has 0 radical (unpaired) electrons. The van der Waals surface area contributed by atoms with Gasteiger partial charge in [0.15, 0.2) is 0 Å². The lowest BCUT2D eigenvalue weighted by Crippen LogP contribution is -2.02. The molecule has 0 aliphatic rings. The van der Waals surface area contributed by atoms with Crippen LogP contribution in [0, 0.1) is 0 Å². The molecule has 11 heavy (non-hydrogen) atoms. The maximum Gasteiger partial charge on any atom is 0.223 e. The van der Waals surface area contributed by atoms with Crippen molar-refractivity contribution in [1.29, 1.82) is 0 Å². The van der Waals surface area contributed by atoms with E-state index in [1.54, 1.807) is 0 Å². The van der Waals surface area contributed by atoms with Gasteiger partial charge in [-0.25, -0.2) is 0 Å². The molecule has 3 nitrogen and oxygen atoms in total. The molecule has 0 rings (SSSR count). The first kappa shape index (κ1) is 10.9. The van der Waals surface area contributed by atoms with Crippen LogP contribution in [0.5, 0.6) is 0 Å². The topological polar surface area (TPSA) is 43.4 Å². The number of carbonyl (C=O) groups excluding carboxylic acids is 2. The molecule has 0 aromatic rings. The quantitative estimate of drug-likeness (QED) is 0.478. The van der Waals surface area contributed by atoms with Gasteiger partial charge in [-0.2, -0.15) is 0 Å².